The van der Waals surface area contributed by atoms with Gasteiger partial charge in [0, 0.05) is 53.1 Å². The second kappa shape index (κ2) is 9.31. The number of aromatic carboxylic acids is 1. The Morgan fingerprint density at radius 2 is 2.03 bits per heavy atom. The summed E-state index contributed by atoms with van der Waals surface area (Å²) in [6.45, 7) is 3.75. The number of aryl methyl sites for hydroxylation is 1. The summed E-state index contributed by atoms with van der Waals surface area (Å²) >= 11 is 0. The van der Waals surface area contributed by atoms with Gasteiger partial charge in [0.15, 0.2) is 0 Å². The average molecular weight is 456 g/mol. The third-order valence-corrected chi connectivity index (χ3v) is 7.05. The van der Waals surface area contributed by atoms with Crippen molar-refractivity contribution in [2.75, 3.05) is 13.7 Å². The summed E-state index contributed by atoms with van der Waals surface area (Å²) in [7, 11) is 1.73. The van der Waals surface area contributed by atoms with Crippen molar-refractivity contribution in [3.8, 4) is 5.75 Å². The number of piperidine rings is 1. The molecule has 1 saturated heterocycles. The van der Waals surface area contributed by atoms with Crippen molar-refractivity contribution in [1.29, 1.82) is 0 Å². The van der Waals surface area contributed by atoms with Gasteiger partial charge in [-0.25, -0.2) is 4.79 Å². The predicted molar refractivity (Wildman–Crippen MR) is 132 cm³/mol. The van der Waals surface area contributed by atoms with Crippen LogP contribution in [-0.2, 0) is 6.54 Å². The molecule has 2 aromatic heterocycles. The number of nitrogens with one attached hydrogen (secondary N) is 1. The van der Waals surface area contributed by atoms with Crippen molar-refractivity contribution in [1.82, 2.24) is 14.9 Å². The number of H-pyrrole nitrogens is 1. The Hall–Kier alpha value is -3.64. The molecule has 3 heterocycles. The Morgan fingerprint density at radius 3 is 2.74 bits per heavy atom. The zero-order chi connectivity index (χ0) is 23.7. The van der Waals surface area contributed by atoms with Crippen molar-refractivity contribution < 1.29 is 14.6 Å². The fourth-order valence-corrected chi connectivity index (χ4v) is 5.27. The maximum atomic E-state index is 11.4. The van der Waals surface area contributed by atoms with Crippen molar-refractivity contribution in [2.24, 2.45) is 0 Å². The third-order valence-electron chi connectivity index (χ3n) is 7.05. The number of hydrogen-bond acceptors (Lipinski definition) is 4. The predicted octanol–water partition coefficient (Wildman–Crippen LogP) is 5.70. The molecule has 174 valence electrons. The van der Waals surface area contributed by atoms with Crippen LogP contribution in [0, 0.1) is 6.92 Å². The van der Waals surface area contributed by atoms with Crippen molar-refractivity contribution in [3.63, 3.8) is 0 Å². The van der Waals surface area contributed by atoms with E-state index in [4.69, 9.17) is 4.74 Å². The van der Waals surface area contributed by atoms with Crippen LogP contribution in [-0.4, -0.2) is 39.6 Å². The topological polar surface area (TPSA) is 78.5 Å². The lowest BCUT2D eigenvalue weighted by Gasteiger charge is -2.40. The Kier molecular flexibility index (Phi) is 6.07. The van der Waals surface area contributed by atoms with Crippen LogP contribution in [0.15, 0.2) is 67.0 Å². The summed E-state index contributed by atoms with van der Waals surface area (Å²) in [5, 5.41) is 10.5. The normalized spacial score (nSPS) is 18.8. The molecular formula is C28H29N3O3. The number of likely N-dealkylation sites (tertiary alicyclic amines) is 1. The summed E-state index contributed by atoms with van der Waals surface area (Å²) in [6.07, 6.45) is 5.78. The Morgan fingerprint density at radius 1 is 1.21 bits per heavy atom. The Bertz CT molecular complexity index is 1300. The van der Waals surface area contributed by atoms with E-state index in [0.717, 1.165) is 54.0 Å². The molecule has 0 aliphatic carbocycles. The van der Waals surface area contributed by atoms with Gasteiger partial charge in [-0.05, 0) is 73.8 Å². The molecule has 0 amide bonds. The number of aromatic amines is 1. The number of hydrogen-bond donors (Lipinski definition) is 2. The van der Waals surface area contributed by atoms with Gasteiger partial charge < -0.3 is 14.8 Å². The van der Waals surface area contributed by atoms with E-state index in [1.165, 1.54) is 10.9 Å². The van der Waals surface area contributed by atoms with Crippen LogP contribution in [0.2, 0.25) is 0 Å². The highest BCUT2D eigenvalue weighted by Gasteiger charge is 2.32. The fraction of sp³-hybridized carbons (Fsp3) is 0.286. The van der Waals surface area contributed by atoms with Gasteiger partial charge in [-0.1, -0.05) is 18.2 Å². The highest BCUT2D eigenvalue weighted by molar-refractivity contribution is 5.88. The molecule has 5 rings (SSSR count). The summed E-state index contributed by atoms with van der Waals surface area (Å²) < 4.78 is 5.80. The Labute approximate surface area is 199 Å². The molecule has 1 fully saturated rings. The molecule has 0 unspecified atom stereocenters. The summed E-state index contributed by atoms with van der Waals surface area (Å²) in [6, 6.07) is 17.8. The van der Waals surface area contributed by atoms with E-state index in [2.05, 4.69) is 40.0 Å². The van der Waals surface area contributed by atoms with Gasteiger partial charge in [0.25, 0.3) is 0 Å². The average Bonchev–Trinajstić information content (AvgIpc) is 3.37. The molecule has 2 N–H and O–H groups in total. The zero-order valence-corrected chi connectivity index (χ0v) is 19.5. The minimum absolute atomic E-state index is 0.142. The molecule has 0 saturated carbocycles. The van der Waals surface area contributed by atoms with E-state index < -0.39 is 5.97 Å². The number of benzene rings is 2. The molecule has 1 aliphatic heterocycles. The van der Waals surface area contributed by atoms with Crippen LogP contribution in [0.25, 0.3) is 10.9 Å². The zero-order valence-electron chi connectivity index (χ0n) is 19.5. The number of nitrogens with zero attached hydrogens (tertiary/aromatic N) is 2. The lowest BCUT2D eigenvalue weighted by atomic mass is 9.84. The molecule has 4 aromatic rings. The van der Waals surface area contributed by atoms with E-state index in [-0.39, 0.29) is 6.04 Å². The lowest BCUT2D eigenvalue weighted by molar-refractivity contribution is 0.0696. The number of carboxylic acids is 1. The van der Waals surface area contributed by atoms with Crippen LogP contribution >= 0.6 is 0 Å². The number of ether oxygens (including phenoxy) is 1. The number of pyridine rings is 1. The maximum absolute atomic E-state index is 11.4. The van der Waals surface area contributed by atoms with E-state index in [1.807, 2.05) is 36.7 Å². The van der Waals surface area contributed by atoms with E-state index in [1.54, 1.807) is 19.2 Å². The van der Waals surface area contributed by atoms with Gasteiger partial charge in [-0.15, -0.1) is 0 Å². The number of fused-ring (bicyclic) bond motifs is 1. The number of aromatic nitrogens is 2. The standard InChI is InChI=1S/C28H29N3O3/c1-18-15-26(34-2)23(22-10-13-30-27(18)22)17-31-14-11-21(24-5-3-4-12-29-24)16-25(31)19-6-8-20(9-7-19)28(32)33/h3-10,12-13,15,21,25,30H,11,14,16-17H2,1-2H3,(H,32,33)/t21-,25+/m1/s1. The second-order valence-electron chi connectivity index (χ2n) is 9.03. The molecular weight excluding hydrogens is 426 g/mol. The van der Waals surface area contributed by atoms with E-state index >= 15 is 0 Å². The van der Waals surface area contributed by atoms with Crippen LogP contribution in [0.1, 0.15) is 57.5 Å². The molecule has 34 heavy (non-hydrogen) atoms. The van der Waals surface area contributed by atoms with E-state index in [9.17, 15) is 9.90 Å². The van der Waals surface area contributed by atoms with Gasteiger partial charge in [0.1, 0.15) is 5.75 Å². The van der Waals surface area contributed by atoms with Gasteiger partial charge in [-0.2, -0.15) is 0 Å². The van der Waals surface area contributed by atoms with Gasteiger partial charge >= 0.3 is 5.97 Å². The number of carboxylic acid groups (broad SMARTS) is 1. The SMILES string of the molecule is COc1cc(C)c2[nH]ccc2c1CN1CC[C@@H](c2ccccn2)C[C@H]1c1ccc(C(=O)O)cc1. The van der Waals surface area contributed by atoms with Crippen molar-refractivity contribution in [3.05, 3.63) is 94.9 Å². The van der Waals surface area contributed by atoms with Gasteiger partial charge in [0.2, 0.25) is 0 Å². The first-order valence-electron chi connectivity index (χ1n) is 11.7. The van der Waals surface area contributed by atoms with Gasteiger partial charge in [-0.3, -0.25) is 9.88 Å². The summed E-state index contributed by atoms with van der Waals surface area (Å²) in [5.41, 5.74) is 6.03. The van der Waals surface area contributed by atoms with Crippen molar-refractivity contribution in [2.45, 2.75) is 38.3 Å². The molecule has 0 spiro atoms. The first-order valence-corrected chi connectivity index (χ1v) is 11.7. The smallest absolute Gasteiger partial charge is 0.335 e. The first-order chi connectivity index (χ1) is 16.5. The molecule has 6 nitrogen and oxygen atoms in total. The number of rotatable bonds is 6. The highest BCUT2D eigenvalue weighted by Crippen LogP contribution is 2.41. The molecule has 1 aliphatic rings. The van der Waals surface area contributed by atoms with Crippen LogP contribution < -0.4 is 4.74 Å². The lowest BCUT2D eigenvalue weighted by Crippen LogP contribution is -2.36. The van der Waals surface area contributed by atoms with Gasteiger partial charge in [0.05, 0.1) is 12.7 Å². The minimum atomic E-state index is -0.905. The number of carbonyl (C=O) groups is 1. The largest absolute Gasteiger partial charge is 0.496 e. The minimum Gasteiger partial charge on any atom is -0.496 e. The monoisotopic (exact) mass is 455 g/mol. The molecule has 0 radical (unpaired) electrons. The first kappa shape index (κ1) is 22.2. The Balaban J connectivity index is 1.51. The van der Waals surface area contributed by atoms with Crippen LogP contribution in [0.4, 0.5) is 0 Å². The third kappa shape index (κ3) is 4.17. The quantitative estimate of drug-likeness (QED) is 0.390. The fourth-order valence-electron chi connectivity index (χ4n) is 5.27. The highest BCUT2D eigenvalue weighted by atomic mass is 16.5. The molecule has 2 atom stereocenters. The molecule has 6 heteroatoms. The number of methoxy groups -OCH3 is 1. The van der Waals surface area contributed by atoms with E-state index in [0.29, 0.717) is 11.5 Å². The second-order valence-corrected chi connectivity index (χ2v) is 9.03. The summed E-state index contributed by atoms with van der Waals surface area (Å²) in [5.74, 6) is 0.350. The van der Waals surface area contributed by atoms with Crippen molar-refractivity contribution >= 4 is 16.9 Å². The molecule has 0 bridgehead atoms. The maximum Gasteiger partial charge on any atom is 0.335 e. The van der Waals surface area contributed by atoms with Crippen LogP contribution in [0.3, 0.4) is 0 Å². The van der Waals surface area contributed by atoms with Crippen LogP contribution in [0.5, 0.6) is 5.75 Å². The molecule has 2 aromatic carbocycles. The summed E-state index contributed by atoms with van der Waals surface area (Å²) in [4.78, 5) is 21.9.